The molecule has 10 nitrogen and oxygen atoms in total. The van der Waals surface area contributed by atoms with E-state index in [4.69, 9.17) is 14.2 Å². The lowest BCUT2D eigenvalue weighted by atomic mass is 9.77. The summed E-state index contributed by atoms with van der Waals surface area (Å²) in [6.07, 6.45) is 6.98. The Morgan fingerprint density at radius 3 is 2.43 bits per heavy atom. The average Bonchev–Trinajstić information content (AvgIpc) is 3.10. The maximum atomic E-state index is 13.6. The van der Waals surface area contributed by atoms with Gasteiger partial charge in [0.1, 0.15) is 11.4 Å². The molecule has 2 aliphatic heterocycles. The van der Waals surface area contributed by atoms with Crippen molar-refractivity contribution in [3.05, 3.63) is 42.0 Å². The van der Waals surface area contributed by atoms with Gasteiger partial charge in [0, 0.05) is 64.4 Å². The van der Waals surface area contributed by atoms with E-state index in [9.17, 15) is 14.4 Å². The van der Waals surface area contributed by atoms with Crippen molar-refractivity contribution in [3.63, 3.8) is 0 Å². The van der Waals surface area contributed by atoms with Crippen molar-refractivity contribution in [1.29, 1.82) is 0 Å². The summed E-state index contributed by atoms with van der Waals surface area (Å²) in [5, 5.41) is 3.41. The maximum Gasteiger partial charge on any atom is 0.348 e. The summed E-state index contributed by atoms with van der Waals surface area (Å²) in [5.41, 5.74) is 1.43. The number of nitrogens with zero attached hydrogens (tertiary/aromatic N) is 3. The van der Waals surface area contributed by atoms with Gasteiger partial charge in [-0.15, -0.1) is 0 Å². The van der Waals surface area contributed by atoms with Crippen LogP contribution in [0.3, 0.4) is 0 Å². The van der Waals surface area contributed by atoms with Crippen LogP contribution in [0.2, 0.25) is 0 Å². The SMILES string of the molecule is CCCC1OC(=O)C(C)CN=C(CC)CNCC=CCC(C)(C(C)C(C)CCOc2ccc(CN3CCN(C(=O)CC)CC3)cc2)OC1=O. The molecule has 0 aliphatic carbocycles. The molecule has 0 spiro atoms. The molecule has 0 saturated carbocycles. The summed E-state index contributed by atoms with van der Waals surface area (Å²) < 4.78 is 18.2. The van der Waals surface area contributed by atoms with Crippen LogP contribution in [0.1, 0.15) is 92.6 Å². The van der Waals surface area contributed by atoms with Gasteiger partial charge in [-0.2, -0.15) is 0 Å². The minimum Gasteiger partial charge on any atom is -0.494 e. The van der Waals surface area contributed by atoms with Crippen molar-refractivity contribution in [1.82, 2.24) is 15.1 Å². The largest absolute Gasteiger partial charge is 0.494 e. The number of aliphatic imine (C=N–C) groups is 1. The first-order chi connectivity index (χ1) is 23.5. The van der Waals surface area contributed by atoms with Crippen LogP contribution >= 0.6 is 0 Å². The number of hydrogen-bond acceptors (Lipinski definition) is 9. The second kappa shape index (κ2) is 20.4. The minimum absolute atomic E-state index is 0.00253. The van der Waals surface area contributed by atoms with Gasteiger partial charge in [-0.3, -0.25) is 19.5 Å². The lowest BCUT2D eigenvalue weighted by Gasteiger charge is -2.39. The lowest BCUT2D eigenvalue weighted by molar-refractivity contribution is -0.185. The first-order valence-electron chi connectivity index (χ1n) is 18.5. The summed E-state index contributed by atoms with van der Waals surface area (Å²) in [4.78, 5) is 47.5. The van der Waals surface area contributed by atoms with Gasteiger partial charge < -0.3 is 24.4 Å². The molecular formula is C39H62N4O6. The van der Waals surface area contributed by atoms with Crippen LogP contribution < -0.4 is 10.1 Å². The van der Waals surface area contributed by atoms with Crippen LogP contribution in [-0.2, 0) is 30.4 Å². The zero-order valence-electron chi connectivity index (χ0n) is 31.2. The number of rotatable bonds is 12. The van der Waals surface area contributed by atoms with E-state index in [0.29, 0.717) is 51.9 Å². The molecule has 0 bridgehead atoms. The Labute approximate surface area is 295 Å². The molecule has 3 rings (SSSR count). The highest BCUT2D eigenvalue weighted by Gasteiger charge is 2.40. The molecule has 10 heteroatoms. The Morgan fingerprint density at radius 1 is 1.06 bits per heavy atom. The Kier molecular flexibility index (Phi) is 16.8. The number of amides is 1. The number of benzene rings is 1. The van der Waals surface area contributed by atoms with E-state index in [1.165, 1.54) is 5.56 Å². The molecule has 1 amide bonds. The zero-order chi connectivity index (χ0) is 35.8. The van der Waals surface area contributed by atoms with Crippen LogP contribution in [-0.4, -0.2) is 97.5 Å². The van der Waals surface area contributed by atoms with Gasteiger partial charge in [-0.25, -0.2) is 4.79 Å². The Balaban J connectivity index is 1.60. The number of nitrogens with one attached hydrogen (secondary N) is 1. The predicted octanol–water partition coefficient (Wildman–Crippen LogP) is 5.83. The lowest BCUT2D eigenvalue weighted by Crippen LogP contribution is -2.48. The van der Waals surface area contributed by atoms with Gasteiger partial charge in [0.2, 0.25) is 5.91 Å². The number of ether oxygens (including phenoxy) is 3. The monoisotopic (exact) mass is 682 g/mol. The molecule has 0 radical (unpaired) electrons. The standard InChI is InChI=1S/C39H62N4O6/c1-8-13-35-38(46)49-39(7,19-11-12-20-40-27-33(9-2)41-26-30(5)37(45)48-35)31(6)29(4)18-25-47-34-16-14-32(15-17-34)28-42-21-23-43(24-22-42)36(44)10-3/h11-12,14-17,29-31,35,40H,8-10,13,18-28H2,1-7H3. The van der Waals surface area contributed by atoms with Crippen molar-refractivity contribution in [2.24, 2.45) is 22.7 Å². The number of carbonyl (C=O) groups excluding carboxylic acids is 3. The molecule has 274 valence electrons. The Morgan fingerprint density at radius 2 is 1.78 bits per heavy atom. The second-order valence-electron chi connectivity index (χ2n) is 14.0. The zero-order valence-corrected chi connectivity index (χ0v) is 31.2. The molecule has 49 heavy (non-hydrogen) atoms. The molecule has 0 aromatic heterocycles. The first kappa shape index (κ1) is 40.2. The minimum atomic E-state index is -0.948. The molecule has 5 unspecified atom stereocenters. The van der Waals surface area contributed by atoms with E-state index in [1.807, 2.05) is 37.8 Å². The highest BCUT2D eigenvalue weighted by Crippen LogP contribution is 2.34. The van der Waals surface area contributed by atoms with Crippen LogP contribution in [0, 0.1) is 17.8 Å². The van der Waals surface area contributed by atoms with Crippen LogP contribution in [0.5, 0.6) is 5.75 Å². The van der Waals surface area contributed by atoms with Crippen molar-refractivity contribution in [2.75, 3.05) is 52.4 Å². The van der Waals surface area contributed by atoms with Crippen LogP contribution in [0.15, 0.2) is 41.4 Å². The van der Waals surface area contributed by atoms with Gasteiger partial charge in [0.15, 0.2) is 6.10 Å². The molecule has 1 fully saturated rings. The van der Waals surface area contributed by atoms with E-state index in [0.717, 1.165) is 57.0 Å². The van der Waals surface area contributed by atoms with Gasteiger partial charge in [-0.05, 0) is 55.7 Å². The third-order valence-corrected chi connectivity index (χ3v) is 10.1. The van der Waals surface area contributed by atoms with Crippen molar-refractivity contribution in [3.8, 4) is 5.75 Å². The van der Waals surface area contributed by atoms with Crippen molar-refractivity contribution < 1.29 is 28.6 Å². The van der Waals surface area contributed by atoms with Crippen molar-refractivity contribution in [2.45, 2.75) is 105 Å². The molecular weight excluding hydrogens is 620 g/mol. The number of piperazine rings is 1. The van der Waals surface area contributed by atoms with Gasteiger partial charge >= 0.3 is 11.9 Å². The average molecular weight is 683 g/mol. The third-order valence-electron chi connectivity index (χ3n) is 10.1. The maximum absolute atomic E-state index is 13.6. The predicted molar refractivity (Wildman–Crippen MR) is 195 cm³/mol. The molecule has 1 saturated heterocycles. The summed E-state index contributed by atoms with van der Waals surface area (Å²) >= 11 is 0. The van der Waals surface area contributed by atoms with E-state index < -0.39 is 29.6 Å². The highest BCUT2D eigenvalue weighted by molar-refractivity contribution is 5.86. The molecule has 2 heterocycles. The molecule has 2 aliphatic rings. The van der Waals surface area contributed by atoms with E-state index >= 15 is 0 Å². The molecule has 5 atom stereocenters. The summed E-state index contributed by atoms with van der Waals surface area (Å²) in [7, 11) is 0. The van der Waals surface area contributed by atoms with Gasteiger partial charge in [0.05, 0.1) is 19.1 Å². The number of hydrogen-bond donors (Lipinski definition) is 1. The quantitative estimate of drug-likeness (QED) is 0.217. The Hall–Kier alpha value is -3.24. The fraction of sp³-hybridized carbons (Fsp3) is 0.692. The fourth-order valence-corrected chi connectivity index (χ4v) is 6.24. The molecule has 1 aromatic carbocycles. The highest BCUT2D eigenvalue weighted by atomic mass is 16.6. The number of carbonyl (C=O) groups is 3. The van der Waals surface area contributed by atoms with Crippen molar-refractivity contribution >= 4 is 23.6 Å². The van der Waals surface area contributed by atoms with E-state index in [-0.39, 0.29) is 17.7 Å². The first-order valence-corrected chi connectivity index (χ1v) is 18.5. The van der Waals surface area contributed by atoms with E-state index in [1.54, 1.807) is 6.92 Å². The third kappa shape index (κ3) is 12.9. The molecule has 1 aromatic rings. The van der Waals surface area contributed by atoms with Crippen LogP contribution in [0.4, 0.5) is 0 Å². The second-order valence-corrected chi connectivity index (χ2v) is 14.0. The summed E-state index contributed by atoms with van der Waals surface area (Å²) in [5.74, 6) is -0.127. The fourth-order valence-electron chi connectivity index (χ4n) is 6.24. The normalized spacial score (nSPS) is 24.8. The topological polar surface area (TPSA) is 110 Å². The summed E-state index contributed by atoms with van der Waals surface area (Å²) in [6.45, 7) is 20.4. The summed E-state index contributed by atoms with van der Waals surface area (Å²) in [6, 6.07) is 8.27. The molecule has 1 N–H and O–H groups in total. The van der Waals surface area contributed by atoms with Crippen LogP contribution in [0.25, 0.3) is 0 Å². The number of esters is 2. The van der Waals surface area contributed by atoms with Gasteiger partial charge in [-0.1, -0.05) is 72.2 Å². The smallest absolute Gasteiger partial charge is 0.348 e. The Bertz CT molecular complexity index is 1240. The van der Waals surface area contributed by atoms with E-state index in [2.05, 4.69) is 60.3 Å². The number of cyclic esters (lactones) is 2. The van der Waals surface area contributed by atoms with Gasteiger partial charge in [0.25, 0.3) is 0 Å².